The second kappa shape index (κ2) is 2.99. The van der Waals surface area contributed by atoms with Gasteiger partial charge in [-0.2, -0.15) is 0 Å². The molecule has 0 atom stereocenters. The van der Waals surface area contributed by atoms with Crippen LogP contribution in [0.4, 0.5) is 0 Å². The van der Waals surface area contributed by atoms with Crippen LogP contribution in [0, 0.1) is 0 Å². The predicted molar refractivity (Wildman–Crippen MR) is 55.2 cm³/mol. The van der Waals surface area contributed by atoms with Gasteiger partial charge in [-0.05, 0) is 12.1 Å². The van der Waals surface area contributed by atoms with Crippen molar-refractivity contribution in [2.45, 2.75) is 0 Å². The fourth-order valence-corrected chi connectivity index (χ4v) is 1.34. The Morgan fingerprint density at radius 1 is 1.29 bits per heavy atom. The quantitative estimate of drug-likeness (QED) is 0.719. The van der Waals surface area contributed by atoms with E-state index in [0.29, 0.717) is 10.9 Å². The van der Waals surface area contributed by atoms with Gasteiger partial charge in [0.1, 0.15) is 0 Å². The molecule has 0 spiro atoms. The van der Waals surface area contributed by atoms with Gasteiger partial charge in [0.2, 0.25) is 0 Å². The molecular formula is C10H8N2O2. The molecule has 0 bridgehead atoms. The van der Waals surface area contributed by atoms with Gasteiger partial charge < -0.3 is 4.98 Å². The monoisotopic (exact) mass is 188 g/mol. The van der Waals surface area contributed by atoms with Gasteiger partial charge in [0.15, 0.2) is 0 Å². The number of nitrogens with one attached hydrogen (secondary N) is 1. The van der Waals surface area contributed by atoms with Crippen LogP contribution in [0.1, 0.15) is 0 Å². The average molecular weight is 188 g/mol. The fourth-order valence-electron chi connectivity index (χ4n) is 1.34. The number of hydrogen-bond donors (Lipinski definition) is 1. The minimum absolute atomic E-state index is 0.348. The molecule has 0 saturated heterocycles. The summed E-state index contributed by atoms with van der Waals surface area (Å²) >= 11 is 0. The molecule has 0 saturated carbocycles. The first-order chi connectivity index (χ1) is 6.74. The van der Waals surface area contributed by atoms with Crippen LogP contribution in [0.3, 0.4) is 0 Å². The van der Waals surface area contributed by atoms with Gasteiger partial charge in [-0.1, -0.05) is 18.7 Å². The molecule has 1 aromatic heterocycles. The zero-order valence-corrected chi connectivity index (χ0v) is 7.36. The summed E-state index contributed by atoms with van der Waals surface area (Å²) in [6.45, 7) is 3.40. The molecule has 70 valence electrons. The minimum Gasteiger partial charge on any atom is -0.306 e. The molecular weight excluding hydrogens is 180 g/mol. The van der Waals surface area contributed by atoms with Crippen LogP contribution < -0.4 is 11.2 Å². The second-order valence-corrected chi connectivity index (χ2v) is 2.83. The Hall–Kier alpha value is -2.10. The van der Waals surface area contributed by atoms with E-state index < -0.39 is 5.69 Å². The van der Waals surface area contributed by atoms with Crippen LogP contribution >= 0.6 is 0 Å². The van der Waals surface area contributed by atoms with Gasteiger partial charge in [-0.3, -0.25) is 4.79 Å². The van der Waals surface area contributed by atoms with E-state index in [4.69, 9.17) is 0 Å². The lowest BCUT2D eigenvalue weighted by Crippen LogP contribution is -2.31. The number of nitrogens with zero attached hydrogens (tertiary/aromatic N) is 1. The Bertz CT molecular complexity index is 607. The van der Waals surface area contributed by atoms with E-state index in [-0.39, 0.29) is 5.56 Å². The zero-order valence-electron chi connectivity index (χ0n) is 7.36. The van der Waals surface area contributed by atoms with Gasteiger partial charge in [0.25, 0.3) is 5.56 Å². The van der Waals surface area contributed by atoms with Crippen molar-refractivity contribution in [3.05, 3.63) is 51.7 Å². The lowest BCUT2D eigenvalue weighted by molar-refractivity contribution is 0.953. The highest BCUT2D eigenvalue weighted by atomic mass is 16.2. The van der Waals surface area contributed by atoms with E-state index in [9.17, 15) is 9.59 Å². The van der Waals surface area contributed by atoms with Crippen molar-refractivity contribution in [3.8, 4) is 0 Å². The summed E-state index contributed by atoms with van der Waals surface area (Å²) in [5, 5.41) is 0.479. The van der Waals surface area contributed by atoms with Crippen LogP contribution in [0.25, 0.3) is 17.1 Å². The van der Waals surface area contributed by atoms with Gasteiger partial charge in [-0.15, -0.1) is 0 Å². The van der Waals surface area contributed by atoms with Gasteiger partial charge >= 0.3 is 5.69 Å². The number of para-hydroxylation sites is 1. The Labute approximate surface area is 79.1 Å². The highest BCUT2D eigenvalue weighted by molar-refractivity contribution is 5.77. The van der Waals surface area contributed by atoms with Crippen molar-refractivity contribution in [3.63, 3.8) is 0 Å². The van der Waals surface area contributed by atoms with Crippen LogP contribution in [-0.2, 0) is 0 Å². The molecule has 4 nitrogen and oxygen atoms in total. The molecule has 0 aliphatic carbocycles. The Morgan fingerprint density at radius 2 is 2.00 bits per heavy atom. The summed E-state index contributed by atoms with van der Waals surface area (Å²) in [6, 6.07) is 6.85. The molecule has 0 aliphatic heterocycles. The molecule has 0 amide bonds. The van der Waals surface area contributed by atoms with E-state index in [0.717, 1.165) is 4.57 Å². The first-order valence-electron chi connectivity index (χ1n) is 4.10. The molecule has 0 unspecified atom stereocenters. The molecule has 4 heteroatoms. The van der Waals surface area contributed by atoms with Gasteiger partial charge in [-0.25, -0.2) is 9.36 Å². The number of hydrogen-bond acceptors (Lipinski definition) is 2. The topological polar surface area (TPSA) is 54.9 Å². The summed E-state index contributed by atoms with van der Waals surface area (Å²) in [6.07, 6.45) is 1.20. The molecule has 1 heterocycles. The summed E-state index contributed by atoms with van der Waals surface area (Å²) in [7, 11) is 0. The average Bonchev–Trinajstić information content (AvgIpc) is 2.18. The summed E-state index contributed by atoms with van der Waals surface area (Å²) in [5.74, 6) is 0. The highest BCUT2D eigenvalue weighted by Gasteiger charge is 2.02. The van der Waals surface area contributed by atoms with Crippen molar-refractivity contribution in [1.82, 2.24) is 9.55 Å². The Kier molecular flexibility index (Phi) is 1.81. The first-order valence-corrected chi connectivity index (χ1v) is 4.10. The standard InChI is InChI=1S/C10H8N2O2/c1-2-12-9(13)7-5-3-4-6-8(7)11-10(12)14/h2-6H,1H2,(H,11,14). The van der Waals surface area contributed by atoms with E-state index in [2.05, 4.69) is 11.6 Å². The van der Waals surface area contributed by atoms with Crippen molar-refractivity contribution in [2.24, 2.45) is 0 Å². The molecule has 2 aromatic rings. The molecule has 1 aromatic carbocycles. The fraction of sp³-hybridized carbons (Fsp3) is 0. The number of rotatable bonds is 1. The third-order valence-corrected chi connectivity index (χ3v) is 2.02. The van der Waals surface area contributed by atoms with Crippen LogP contribution in [-0.4, -0.2) is 9.55 Å². The summed E-state index contributed by atoms with van der Waals surface area (Å²) in [5.41, 5.74) is -0.274. The van der Waals surface area contributed by atoms with Crippen molar-refractivity contribution in [1.29, 1.82) is 0 Å². The number of benzene rings is 1. The SMILES string of the molecule is C=Cn1c(=O)[nH]c2ccccc2c1=O. The van der Waals surface area contributed by atoms with Crippen LogP contribution in [0.5, 0.6) is 0 Å². The normalized spacial score (nSPS) is 10.3. The van der Waals surface area contributed by atoms with E-state index in [1.807, 2.05) is 0 Å². The lowest BCUT2D eigenvalue weighted by Gasteiger charge is -1.99. The number of aromatic nitrogens is 2. The number of H-pyrrole nitrogens is 1. The van der Waals surface area contributed by atoms with Crippen molar-refractivity contribution < 1.29 is 0 Å². The molecule has 2 rings (SSSR count). The van der Waals surface area contributed by atoms with E-state index in [1.165, 1.54) is 6.20 Å². The van der Waals surface area contributed by atoms with E-state index >= 15 is 0 Å². The van der Waals surface area contributed by atoms with E-state index in [1.54, 1.807) is 24.3 Å². The maximum atomic E-state index is 11.7. The van der Waals surface area contributed by atoms with Gasteiger partial charge in [0.05, 0.1) is 10.9 Å². The van der Waals surface area contributed by atoms with Crippen LogP contribution in [0.15, 0.2) is 40.4 Å². The zero-order chi connectivity index (χ0) is 10.1. The van der Waals surface area contributed by atoms with Gasteiger partial charge in [0, 0.05) is 6.20 Å². The minimum atomic E-state index is -0.469. The number of fused-ring (bicyclic) bond motifs is 1. The molecule has 14 heavy (non-hydrogen) atoms. The molecule has 0 aliphatic rings. The third-order valence-electron chi connectivity index (χ3n) is 2.02. The Balaban J connectivity index is 3.08. The summed E-state index contributed by atoms with van der Waals surface area (Å²) in [4.78, 5) is 25.6. The second-order valence-electron chi connectivity index (χ2n) is 2.83. The highest BCUT2D eigenvalue weighted by Crippen LogP contribution is 2.02. The molecule has 0 radical (unpaired) electrons. The summed E-state index contributed by atoms with van der Waals surface area (Å²) < 4.78 is 0.947. The van der Waals surface area contributed by atoms with Crippen LogP contribution in [0.2, 0.25) is 0 Å². The Morgan fingerprint density at radius 3 is 2.71 bits per heavy atom. The van der Waals surface area contributed by atoms with Crippen molar-refractivity contribution >= 4 is 17.1 Å². The maximum absolute atomic E-state index is 11.7. The largest absolute Gasteiger partial charge is 0.332 e. The first kappa shape index (κ1) is 8.50. The smallest absolute Gasteiger partial charge is 0.306 e. The molecule has 0 fully saturated rings. The maximum Gasteiger partial charge on any atom is 0.332 e. The number of aromatic amines is 1. The third kappa shape index (κ3) is 1.08. The molecule has 1 N–H and O–H groups in total. The van der Waals surface area contributed by atoms with Crippen molar-refractivity contribution in [2.75, 3.05) is 0 Å². The predicted octanol–water partition coefficient (Wildman–Crippen LogP) is 0.790. The lowest BCUT2D eigenvalue weighted by atomic mass is 10.2.